The van der Waals surface area contributed by atoms with E-state index < -0.39 is 11.9 Å². The van der Waals surface area contributed by atoms with Crippen LogP contribution in [0.4, 0.5) is 0 Å². The SMILES string of the molecule is O=C(O)c1cccc(C[NH2+]CC[NH2+]Cc2cccc(C(=O)O)n2)n1.[Cl-].[Cl-]. The van der Waals surface area contributed by atoms with Crippen LogP contribution in [0.1, 0.15) is 32.4 Å². The molecule has 26 heavy (non-hydrogen) atoms. The molecule has 0 radical (unpaired) electrons. The summed E-state index contributed by atoms with van der Waals surface area (Å²) in [5.41, 5.74) is 1.56. The smallest absolute Gasteiger partial charge is 0.354 e. The van der Waals surface area contributed by atoms with E-state index in [0.717, 1.165) is 24.5 Å². The van der Waals surface area contributed by atoms with Gasteiger partial charge in [0.1, 0.15) is 37.6 Å². The lowest BCUT2D eigenvalue weighted by Crippen LogP contribution is -3.00. The van der Waals surface area contributed by atoms with E-state index in [4.69, 9.17) is 10.2 Å². The van der Waals surface area contributed by atoms with Crippen molar-refractivity contribution in [1.82, 2.24) is 9.97 Å². The van der Waals surface area contributed by atoms with Crippen molar-refractivity contribution in [2.75, 3.05) is 13.1 Å². The molecule has 0 saturated heterocycles. The summed E-state index contributed by atoms with van der Waals surface area (Å²) >= 11 is 0. The Hall–Kier alpha value is -2.26. The van der Waals surface area contributed by atoms with Crippen molar-refractivity contribution >= 4 is 11.9 Å². The third kappa shape index (κ3) is 7.75. The molecule has 0 aliphatic rings. The van der Waals surface area contributed by atoms with Gasteiger partial charge in [0.2, 0.25) is 0 Å². The van der Waals surface area contributed by atoms with Crippen LogP contribution in [0.25, 0.3) is 0 Å². The monoisotopic (exact) mass is 402 g/mol. The van der Waals surface area contributed by atoms with E-state index in [1.54, 1.807) is 24.3 Å². The lowest BCUT2D eigenvalue weighted by molar-refractivity contribution is -0.738. The largest absolute Gasteiger partial charge is 1.00 e. The number of nitrogens with two attached hydrogens (primary N) is 2. The van der Waals surface area contributed by atoms with E-state index in [1.165, 1.54) is 12.1 Å². The molecule has 6 N–H and O–H groups in total. The fourth-order valence-corrected chi connectivity index (χ4v) is 2.16. The molecule has 2 rings (SSSR count). The van der Waals surface area contributed by atoms with Crippen molar-refractivity contribution in [2.24, 2.45) is 0 Å². The molecule has 0 saturated carbocycles. The third-order valence-corrected chi connectivity index (χ3v) is 3.33. The second-order valence-corrected chi connectivity index (χ2v) is 5.20. The van der Waals surface area contributed by atoms with Crippen molar-refractivity contribution < 1.29 is 55.2 Å². The van der Waals surface area contributed by atoms with Crippen LogP contribution in [0.15, 0.2) is 36.4 Å². The van der Waals surface area contributed by atoms with E-state index >= 15 is 0 Å². The first-order valence-corrected chi connectivity index (χ1v) is 7.58. The van der Waals surface area contributed by atoms with Crippen molar-refractivity contribution in [3.63, 3.8) is 0 Å². The Labute approximate surface area is 162 Å². The Bertz CT molecular complexity index is 669. The first-order chi connectivity index (χ1) is 11.6. The van der Waals surface area contributed by atoms with Crippen LogP contribution >= 0.6 is 0 Å². The van der Waals surface area contributed by atoms with E-state index in [2.05, 4.69) is 9.97 Å². The number of quaternary nitrogens is 2. The molecule has 0 fully saturated rings. The number of hydrogen-bond donors (Lipinski definition) is 4. The molecular formula is C16H20Cl2N4O4. The predicted molar refractivity (Wildman–Crippen MR) is 83.4 cm³/mol. The average Bonchev–Trinajstić information content (AvgIpc) is 2.58. The summed E-state index contributed by atoms with van der Waals surface area (Å²) in [7, 11) is 0. The van der Waals surface area contributed by atoms with Crippen LogP contribution < -0.4 is 35.4 Å². The number of carboxylic acids is 2. The lowest BCUT2D eigenvalue weighted by Gasteiger charge is -2.03. The summed E-state index contributed by atoms with van der Waals surface area (Å²) in [6, 6.07) is 9.91. The fraction of sp³-hybridized carbons (Fsp3) is 0.250. The molecule has 0 aliphatic heterocycles. The molecule has 0 aliphatic carbocycles. The number of carboxylic acid groups (broad SMARTS) is 2. The fourth-order valence-electron chi connectivity index (χ4n) is 2.16. The molecule has 0 atom stereocenters. The van der Waals surface area contributed by atoms with Gasteiger partial charge < -0.3 is 45.7 Å². The highest BCUT2D eigenvalue weighted by Gasteiger charge is 2.07. The Morgan fingerprint density at radius 3 is 1.50 bits per heavy atom. The Balaban J connectivity index is 0.00000312. The van der Waals surface area contributed by atoms with Gasteiger partial charge in [0.25, 0.3) is 0 Å². The zero-order valence-corrected chi connectivity index (χ0v) is 15.3. The molecule has 10 heteroatoms. The molecule has 0 amide bonds. The summed E-state index contributed by atoms with van der Waals surface area (Å²) < 4.78 is 0. The third-order valence-electron chi connectivity index (χ3n) is 3.33. The van der Waals surface area contributed by atoms with Gasteiger partial charge in [-0.05, 0) is 24.3 Å². The molecule has 2 heterocycles. The van der Waals surface area contributed by atoms with Gasteiger partial charge in [-0.1, -0.05) is 12.1 Å². The average molecular weight is 403 g/mol. The number of aromatic carboxylic acids is 2. The van der Waals surface area contributed by atoms with Gasteiger partial charge in [-0.3, -0.25) is 0 Å². The second-order valence-electron chi connectivity index (χ2n) is 5.20. The molecule has 2 aromatic rings. The maximum atomic E-state index is 10.8. The standard InChI is InChI=1S/C16H18N4O4.2ClH/c21-15(22)13-5-1-3-11(19-13)9-17-7-8-18-10-12-4-2-6-14(20-12)16(23)24;;/h1-6,17-18H,7-10H2,(H,21,22)(H,23,24);2*1H. The number of halogens is 2. The van der Waals surface area contributed by atoms with Gasteiger partial charge in [-0.2, -0.15) is 0 Å². The maximum absolute atomic E-state index is 10.8. The van der Waals surface area contributed by atoms with E-state index in [0.29, 0.717) is 13.1 Å². The molecule has 0 aromatic carbocycles. The van der Waals surface area contributed by atoms with Gasteiger partial charge in [0.15, 0.2) is 0 Å². The summed E-state index contributed by atoms with van der Waals surface area (Å²) in [4.78, 5) is 29.8. The summed E-state index contributed by atoms with van der Waals surface area (Å²) in [6.07, 6.45) is 0. The Kier molecular flexibility index (Phi) is 11.1. The number of carbonyl (C=O) groups is 2. The number of aromatic nitrogens is 2. The van der Waals surface area contributed by atoms with Crippen LogP contribution in [0, 0.1) is 0 Å². The molecule has 0 unspecified atom stereocenters. The first-order valence-electron chi connectivity index (χ1n) is 7.58. The van der Waals surface area contributed by atoms with Crippen molar-refractivity contribution in [3.8, 4) is 0 Å². The minimum Gasteiger partial charge on any atom is -1.00 e. The predicted octanol–water partition coefficient (Wildman–Crippen LogP) is -7.29. The summed E-state index contributed by atoms with van der Waals surface area (Å²) in [5.74, 6) is -2.05. The number of pyridine rings is 2. The lowest BCUT2D eigenvalue weighted by atomic mass is 10.3. The maximum Gasteiger partial charge on any atom is 0.354 e. The molecule has 0 spiro atoms. The second kappa shape index (κ2) is 12.2. The van der Waals surface area contributed by atoms with Gasteiger partial charge >= 0.3 is 11.9 Å². The van der Waals surface area contributed by atoms with Gasteiger partial charge in [-0.25, -0.2) is 19.6 Å². The van der Waals surface area contributed by atoms with Gasteiger partial charge in [0, 0.05) is 0 Å². The minimum atomic E-state index is -1.03. The van der Waals surface area contributed by atoms with Gasteiger partial charge in [-0.15, -0.1) is 0 Å². The first kappa shape index (κ1) is 23.7. The zero-order valence-electron chi connectivity index (χ0n) is 13.8. The van der Waals surface area contributed by atoms with Crippen molar-refractivity contribution in [3.05, 3.63) is 59.2 Å². The molecule has 2 aromatic heterocycles. The van der Waals surface area contributed by atoms with Crippen molar-refractivity contribution in [2.45, 2.75) is 13.1 Å². The highest BCUT2D eigenvalue weighted by Crippen LogP contribution is 1.98. The van der Waals surface area contributed by atoms with Gasteiger partial charge in [0.05, 0.1) is 11.4 Å². The zero-order chi connectivity index (χ0) is 17.4. The summed E-state index contributed by atoms with van der Waals surface area (Å²) in [6.45, 7) is 2.89. The molecule has 142 valence electrons. The van der Waals surface area contributed by atoms with E-state index in [9.17, 15) is 9.59 Å². The van der Waals surface area contributed by atoms with Crippen LogP contribution in [0.3, 0.4) is 0 Å². The van der Waals surface area contributed by atoms with Crippen LogP contribution in [0.5, 0.6) is 0 Å². The van der Waals surface area contributed by atoms with E-state index in [1.807, 2.05) is 10.6 Å². The highest BCUT2D eigenvalue weighted by atomic mass is 35.5. The number of nitrogens with zero attached hydrogens (tertiary/aromatic N) is 2. The number of rotatable bonds is 9. The molecule has 0 bridgehead atoms. The quantitative estimate of drug-likeness (QED) is 0.308. The van der Waals surface area contributed by atoms with Crippen LogP contribution in [0.2, 0.25) is 0 Å². The Morgan fingerprint density at radius 1 is 0.769 bits per heavy atom. The van der Waals surface area contributed by atoms with Crippen LogP contribution in [-0.2, 0) is 13.1 Å². The highest BCUT2D eigenvalue weighted by molar-refractivity contribution is 5.85. The molecule has 8 nitrogen and oxygen atoms in total. The topological polar surface area (TPSA) is 134 Å². The van der Waals surface area contributed by atoms with E-state index in [-0.39, 0.29) is 36.2 Å². The Morgan fingerprint density at radius 2 is 1.15 bits per heavy atom. The number of hydrogen-bond acceptors (Lipinski definition) is 4. The minimum absolute atomic E-state index is 0. The molecular weight excluding hydrogens is 383 g/mol. The van der Waals surface area contributed by atoms with Crippen LogP contribution in [-0.4, -0.2) is 45.2 Å². The normalized spacial score (nSPS) is 9.69. The summed E-state index contributed by atoms with van der Waals surface area (Å²) in [5, 5.41) is 21.9. The van der Waals surface area contributed by atoms with Crippen molar-refractivity contribution in [1.29, 1.82) is 0 Å².